The van der Waals surface area contributed by atoms with Gasteiger partial charge in [-0.15, -0.1) is 11.3 Å². The first-order chi connectivity index (χ1) is 18.5. The molecule has 0 aliphatic carbocycles. The van der Waals surface area contributed by atoms with Gasteiger partial charge in [-0.3, -0.25) is 9.78 Å². The van der Waals surface area contributed by atoms with E-state index in [1.165, 1.54) is 22.4 Å². The number of pyridine rings is 2. The molecule has 0 saturated carbocycles. The second-order valence-corrected chi connectivity index (χ2v) is 9.01. The summed E-state index contributed by atoms with van der Waals surface area (Å²) in [6.45, 7) is -0.364. The van der Waals surface area contributed by atoms with E-state index in [0.29, 0.717) is 16.8 Å². The van der Waals surface area contributed by atoms with E-state index in [1.54, 1.807) is 35.8 Å². The second kappa shape index (κ2) is 11.3. The lowest BCUT2D eigenvalue weighted by molar-refractivity contribution is -0.192. The number of thiazole rings is 1. The van der Waals surface area contributed by atoms with Crippen LogP contribution in [0.3, 0.4) is 0 Å². The number of amides is 1. The van der Waals surface area contributed by atoms with E-state index in [-0.39, 0.29) is 24.7 Å². The average molecular weight is 567 g/mol. The van der Waals surface area contributed by atoms with Gasteiger partial charge in [0.15, 0.2) is 6.10 Å². The van der Waals surface area contributed by atoms with Gasteiger partial charge in [0.2, 0.25) is 5.88 Å². The molecule has 1 N–H and O–H groups in total. The molecule has 1 unspecified atom stereocenters. The third kappa shape index (κ3) is 6.63. The predicted molar refractivity (Wildman–Crippen MR) is 131 cm³/mol. The zero-order valence-corrected chi connectivity index (χ0v) is 20.6. The lowest BCUT2D eigenvalue weighted by atomic mass is 10.0. The maximum Gasteiger partial charge on any atom is 0.490 e. The minimum atomic E-state index is -5.08. The van der Waals surface area contributed by atoms with Crippen LogP contribution < -0.4 is 4.74 Å². The molecule has 1 aliphatic rings. The molecular formula is C25H19F5N4O4S. The minimum absolute atomic E-state index is 0.0933. The van der Waals surface area contributed by atoms with Crippen molar-refractivity contribution in [2.45, 2.75) is 24.6 Å². The van der Waals surface area contributed by atoms with Crippen LogP contribution >= 0.6 is 11.3 Å². The molecule has 8 nitrogen and oxygen atoms in total. The number of nitrogens with zero attached hydrogens (tertiary/aromatic N) is 4. The van der Waals surface area contributed by atoms with Crippen molar-refractivity contribution in [2.24, 2.45) is 0 Å². The fraction of sp³-hybridized carbons (Fsp3) is 0.240. The second-order valence-electron chi connectivity index (χ2n) is 8.29. The number of carbonyl (C=O) groups is 2. The lowest BCUT2D eigenvalue weighted by Crippen LogP contribution is -2.55. The molecule has 1 saturated heterocycles. The average Bonchev–Trinajstić information content (AvgIpc) is 3.44. The number of fused-ring (bicyclic) bond motifs is 1. The summed E-state index contributed by atoms with van der Waals surface area (Å²) < 4.78 is 66.7. The summed E-state index contributed by atoms with van der Waals surface area (Å²) in [5.41, 5.74) is 3.70. The Balaban J connectivity index is 0.000000448. The van der Waals surface area contributed by atoms with Crippen molar-refractivity contribution < 1.29 is 41.4 Å². The molecule has 204 valence electrons. The number of benzene rings is 1. The number of piperidine rings is 1. The fourth-order valence-electron chi connectivity index (χ4n) is 3.71. The van der Waals surface area contributed by atoms with Gasteiger partial charge >= 0.3 is 12.1 Å². The van der Waals surface area contributed by atoms with Gasteiger partial charge in [-0.25, -0.2) is 23.5 Å². The third-order valence-electron chi connectivity index (χ3n) is 5.66. The molecule has 39 heavy (non-hydrogen) atoms. The van der Waals surface area contributed by atoms with Gasteiger partial charge in [0.25, 0.3) is 11.8 Å². The molecule has 3 aromatic heterocycles. The highest BCUT2D eigenvalue weighted by Crippen LogP contribution is 2.33. The number of alkyl halides is 5. The van der Waals surface area contributed by atoms with Gasteiger partial charge in [-0.05, 0) is 24.3 Å². The van der Waals surface area contributed by atoms with Crippen LogP contribution in [0.15, 0.2) is 65.6 Å². The summed E-state index contributed by atoms with van der Waals surface area (Å²) in [7, 11) is 0. The van der Waals surface area contributed by atoms with Crippen molar-refractivity contribution >= 4 is 34.1 Å². The summed E-state index contributed by atoms with van der Waals surface area (Å²) >= 11 is 1.40. The minimum Gasteiger partial charge on any atom is -0.475 e. The van der Waals surface area contributed by atoms with E-state index >= 15 is 0 Å². The zero-order chi connectivity index (χ0) is 28.2. The van der Waals surface area contributed by atoms with Gasteiger partial charge < -0.3 is 14.7 Å². The Labute approximate surface area is 221 Å². The van der Waals surface area contributed by atoms with Crippen LogP contribution in [0.5, 0.6) is 5.88 Å². The number of hydrogen-bond donors (Lipinski definition) is 1. The standard InChI is InChI=1S/C23H18F2N4O2S.C2HF3O2/c24-23(25)9-11-29(22(30)21-16(5-3-10-26-21)18-13-32-14-27-18)12-19(23)31-20-8-7-15-4-1-2-6-17(15)28-20;3-2(4,5)1(6)7/h1-8,10,13-14,19H,9,11-12H2;(H,6,7). The third-order valence-corrected chi connectivity index (χ3v) is 6.24. The number of halogens is 5. The van der Waals surface area contributed by atoms with Gasteiger partial charge in [0, 0.05) is 41.6 Å². The van der Waals surface area contributed by atoms with Crippen molar-refractivity contribution in [1.29, 1.82) is 0 Å². The summed E-state index contributed by atoms with van der Waals surface area (Å²) in [6.07, 6.45) is -5.59. The largest absolute Gasteiger partial charge is 0.490 e. The Bertz CT molecular complexity index is 1470. The van der Waals surface area contributed by atoms with Crippen LogP contribution in [0.4, 0.5) is 22.0 Å². The molecule has 1 aliphatic heterocycles. The first-order valence-electron chi connectivity index (χ1n) is 11.3. The first-order valence-corrected chi connectivity index (χ1v) is 12.2. The molecule has 5 rings (SSSR count). The smallest absolute Gasteiger partial charge is 0.475 e. The Morgan fingerprint density at radius 2 is 1.82 bits per heavy atom. The molecule has 0 radical (unpaired) electrons. The number of aromatic nitrogens is 3. The van der Waals surface area contributed by atoms with E-state index in [9.17, 15) is 26.7 Å². The van der Waals surface area contributed by atoms with Gasteiger partial charge in [0.05, 0.1) is 23.3 Å². The fourth-order valence-corrected chi connectivity index (χ4v) is 4.27. The molecule has 0 bridgehead atoms. The lowest BCUT2D eigenvalue weighted by Gasteiger charge is -2.37. The maximum atomic E-state index is 14.7. The molecule has 14 heteroatoms. The molecule has 0 spiro atoms. The van der Waals surface area contributed by atoms with Crippen molar-refractivity contribution in [3.05, 3.63) is 71.3 Å². The molecule has 1 fully saturated rings. The summed E-state index contributed by atoms with van der Waals surface area (Å²) in [5.74, 6) is -6.17. The van der Waals surface area contributed by atoms with Gasteiger partial charge in [-0.1, -0.05) is 18.2 Å². The molecule has 1 aromatic carbocycles. The van der Waals surface area contributed by atoms with Crippen LogP contribution in [0.1, 0.15) is 16.9 Å². The van der Waals surface area contributed by atoms with E-state index in [1.807, 2.05) is 23.6 Å². The van der Waals surface area contributed by atoms with Crippen molar-refractivity contribution in [2.75, 3.05) is 13.1 Å². The number of para-hydroxylation sites is 1. The van der Waals surface area contributed by atoms with Crippen LogP contribution in [-0.4, -0.2) is 68.1 Å². The number of hydrogen-bond acceptors (Lipinski definition) is 7. The van der Waals surface area contributed by atoms with E-state index in [4.69, 9.17) is 14.6 Å². The summed E-state index contributed by atoms with van der Waals surface area (Å²) in [6, 6.07) is 14.2. The molecule has 1 atom stereocenters. The topological polar surface area (TPSA) is 106 Å². The van der Waals surface area contributed by atoms with Gasteiger partial charge in [-0.2, -0.15) is 13.2 Å². The number of carbonyl (C=O) groups excluding carboxylic acids is 1. The maximum absolute atomic E-state index is 14.7. The number of likely N-dealkylation sites (tertiary alicyclic amines) is 1. The van der Waals surface area contributed by atoms with Crippen LogP contribution in [0.2, 0.25) is 0 Å². The Morgan fingerprint density at radius 3 is 2.51 bits per heavy atom. The number of rotatable bonds is 4. The Hall–Kier alpha value is -4.20. The quantitative estimate of drug-likeness (QED) is 0.334. The van der Waals surface area contributed by atoms with Crippen LogP contribution in [0, 0.1) is 0 Å². The Morgan fingerprint density at radius 1 is 1.08 bits per heavy atom. The van der Waals surface area contributed by atoms with Crippen molar-refractivity contribution in [1.82, 2.24) is 19.9 Å². The highest BCUT2D eigenvalue weighted by molar-refractivity contribution is 7.07. The van der Waals surface area contributed by atoms with Crippen molar-refractivity contribution in [3.63, 3.8) is 0 Å². The number of aliphatic carboxylic acids is 1. The van der Waals surface area contributed by atoms with E-state index < -0.39 is 36.5 Å². The van der Waals surface area contributed by atoms with E-state index in [0.717, 1.165) is 5.39 Å². The molecule has 1 amide bonds. The number of carboxylic acid groups (broad SMARTS) is 1. The molecular weight excluding hydrogens is 547 g/mol. The Kier molecular flexibility index (Phi) is 8.04. The first kappa shape index (κ1) is 27.8. The highest BCUT2D eigenvalue weighted by Gasteiger charge is 2.47. The van der Waals surface area contributed by atoms with Crippen molar-refractivity contribution in [3.8, 4) is 17.1 Å². The molecule has 4 heterocycles. The predicted octanol–water partition coefficient (Wildman–Crippen LogP) is 5.32. The van der Waals surface area contributed by atoms with E-state index in [2.05, 4.69) is 15.0 Å². The highest BCUT2D eigenvalue weighted by atomic mass is 32.1. The molecule has 4 aromatic rings. The number of carboxylic acids is 1. The van der Waals surface area contributed by atoms with Gasteiger partial charge in [0.1, 0.15) is 5.69 Å². The SMILES string of the molecule is O=C(O)C(F)(F)F.O=C(c1ncccc1-c1cscn1)N1CCC(F)(F)C(Oc2ccc3ccccc3n2)C1. The zero-order valence-electron chi connectivity index (χ0n) is 19.8. The monoisotopic (exact) mass is 566 g/mol. The normalized spacial score (nSPS) is 16.7. The van der Waals surface area contributed by atoms with Crippen LogP contribution in [-0.2, 0) is 4.79 Å². The summed E-state index contributed by atoms with van der Waals surface area (Å²) in [4.78, 5) is 36.3. The summed E-state index contributed by atoms with van der Waals surface area (Å²) in [5, 5.41) is 9.83. The van der Waals surface area contributed by atoms with Crippen LogP contribution in [0.25, 0.3) is 22.2 Å². The number of ether oxygens (including phenoxy) is 1.